The summed E-state index contributed by atoms with van der Waals surface area (Å²) in [5, 5.41) is 6.42. The van der Waals surface area contributed by atoms with Crippen molar-refractivity contribution in [2.24, 2.45) is 0 Å². The molecule has 1 aromatic rings. The second kappa shape index (κ2) is 8.31. The number of carbonyl (C=O) groups excluding carboxylic acids is 1. The van der Waals surface area contributed by atoms with E-state index in [9.17, 15) is 4.79 Å². The van der Waals surface area contributed by atoms with E-state index in [1.54, 1.807) is 0 Å². The summed E-state index contributed by atoms with van der Waals surface area (Å²) in [6, 6.07) is 10.7. The first-order valence-corrected chi connectivity index (χ1v) is 8.73. The summed E-state index contributed by atoms with van der Waals surface area (Å²) in [5.74, 6) is 0. The first kappa shape index (κ1) is 16.3. The van der Waals surface area contributed by atoms with Crippen molar-refractivity contribution in [3.05, 3.63) is 35.9 Å². The van der Waals surface area contributed by atoms with Crippen LogP contribution in [0.5, 0.6) is 0 Å². The van der Waals surface area contributed by atoms with E-state index in [0.717, 1.165) is 44.6 Å². The minimum absolute atomic E-state index is 0.262. The monoisotopic (exact) mass is 317 g/mol. The minimum atomic E-state index is -0.292. The maximum atomic E-state index is 11.9. The molecule has 0 bridgehead atoms. The van der Waals surface area contributed by atoms with Crippen molar-refractivity contribution in [1.82, 2.24) is 15.5 Å². The third kappa shape index (κ3) is 4.94. The number of nitrogens with one attached hydrogen (secondary N) is 2. The maximum absolute atomic E-state index is 11.9. The van der Waals surface area contributed by atoms with Crippen molar-refractivity contribution in [2.45, 2.75) is 44.4 Å². The highest BCUT2D eigenvalue weighted by molar-refractivity contribution is 5.67. The number of alkyl carbamates (subject to hydrolysis) is 1. The number of hydrogen-bond donors (Lipinski definition) is 2. The first-order chi connectivity index (χ1) is 11.3. The SMILES string of the molecule is O=C(NC1CCC(N2CCNCC2)CC1)OCc1ccccc1. The molecule has 1 aliphatic carbocycles. The van der Waals surface area contributed by atoms with E-state index in [4.69, 9.17) is 4.74 Å². The Morgan fingerprint density at radius 3 is 2.52 bits per heavy atom. The molecular weight excluding hydrogens is 290 g/mol. The largest absolute Gasteiger partial charge is 0.445 e. The van der Waals surface area contributed by atoms with Gasteiger partial charge in [-0.15, -0.1) is 0 Å². The number of benzene rings is 1. The van der Waals surface area contributed by atoms with Gasteiger partial charge in [-0.2, -0.15) is 0 Å². The van der Waals surface area contributed by atoms with Gasteiger partial charge in [-0.3, -0.25) is 4.90 Å². The number of piperazine rings is 1. The summed E-state index contributed by atoms with van der Waals surface area (Å²) in [6.45, 7) is 4.85. The molecule has 0 unspecified atom stereocenters. The number of hydrogen-bond acceptors (Lipinski definition) is 4. The van der Waals surface area contributed by atoms with E-state index >= 15 is 0 Å². The zero-order chi connectivity index (χ0) is 15.9. The molecule has 5 heteroatoms. The predicted octanol–water partition coefficient (Wildman–Crippen LogP) is 2.13. The van der Waals surface area contributed by atoms with Crippen LogP contribution in [0.25, 0.3) is 0 Å². The quantitative estimate of drug-likeness (QED) is 0.893. The van der Waals surface area contributed by atoms with Gasteiger partial charge in [0.05, 0.1) is 0 Å². The normalized spacial score (nSPS) is 25.7. The summed E-state index contributed by atoms with van der Waals surface area (Å²) in [7, 11) is 0. The second-order valence-electron chi connectivity index (χ2n) is 6.50. The topological polar surface area (TPSA) is 53.6 Å². The average molecular weight is 317 g/mol. The molecule has 2 aliphatic rings. The van der Waals surface area contributed by atoms with Crippen LogP contribution >= 0.6 is 0 Å². The molecule has 1 aliphatic heterocycles. The van der Waals surface area contributed by atoms with Gasteiger partial charge in [0.1, 0.15) is 6.61 Å². The molecule has 1 aromatic carbocycles. The van der Waals surface area contributed by atoms with Gasteiger partial charge < -0.3 is 15.4 Å². The van der Waals surface area contributed by atoms with Crippen molar-refractivity contribution < 1.29 is 9.53 Å². The van der Waals surface area contributed by atoms with Gasteiger partial charge in [-0.25, -0.2) is 4.79 Å². The van der Waals surface area contributed by atoms with Crippen LogP contribution in [0.2, 0.25) is 0 Å². The smallest absolute Gasteiger partial charge is 0.407 e. The molecule has 2 N–H and O–H groups in total. The summed E-state index contributed by atoms with van der Waals surface area (Å²) < 4.78 is 5.31. The Hall–Kier alpha value is -1.59. The maximum Gasteiger partial charge on any atom is 0.407 e. The Morgan fingerprint density at radius 2 is 1.83 bits per heavy atom. The Kier molecular flexibility index (Phi) is 5.88. The lowest BCUT2D eigenvalue weighted by atomic mass is 9.90. The number of rotatable bonds is 4. The third-order valence-electron chi connectivity index (χ3n) is 4.90. The number of nitrogens with zero attached hydrogens (tertiary/aromatic N) is 1. The number of amides is 1. The Morgan fingerprint density at radius 1 is 1.13 bits per heavy atom. The molecule has 0 radical (unpaired) electrons. The molecule has 126 valence electrons. The van der Waals surface area contributed by atoms with Crippen molar-refractivity contribution in [3.63, 3.8) is 0 Å². The highest BCUT2D eigenvalue weighted by Gasteiger charge is 2.27. The second-order valence-corrected chi connectivity index (χ2v) is 6.50. The molecule has 1 saturated heterocycles. The van der Waals surface area contributed by atoms with Gasteiger partial charge in [0.2, 0.25) is 0 Å². The van der Waals surface area contributed by atoms with Gasteiger partial charge in [-0.1, -0.05) is 30.3 Å². The van der Waals surface area contributed by atoms with Crippen LogP contribution < -0.4 is 10.6 Å². The first-order valence-electron chi connectivity index (χ1n) is 8.73. The summed E-state index contributed by atoms with van der Waals surface area (Å²) in [5.41, 5.74) is 1.02. The van der Waals surface area contributed by atoms with Gasteiger partial charge >= 0.3 is 6.09 Å². The molecule has 3 rings (SSSR count). The Labute approximate surface area is 138 Å². The van der Waals surface area contributed by atoms with E-state index in [1.807, 2.05) is 30.3 Å². The zero-order valence-electron chi connectivity index (χ0n) is 13.7. The summed E-state index contributed by atoms with van der Waals surface area (Å²) in [6.07, 6.45) is 4.15. The van der Waals surface area contributed by atoms with Gasteiger partial charge in [-0.05, 0) is 31.2 Å². The van der Waals surface area contributed by atoms with Gasteiger partial charge in [0.25, 0.3) is 0 Å². The lowest BCUT2D eigenvalue weighted by Crippen LogP contribution is -2.50. The lowest BCUT2D eigenvalue weighted by molar-refractivity contribution is 0.113. The van der Waals surface area contributed by atoms with E-state index in [-0.39, 0.29) is 12.1 Å². The summed E-state index contributed by atoms with van der Waals surface area (Å²) in [4.78, 5) is 14.5. The van der Waals surface area contributed by atoms with Crippen LogP contribution in [-0.2, 0) is 11.3 Å². The van der Waals surface area contributed by atoms with E-state index in [2.05, 4.69) is 15.5 Å². The van der Waals surface area contributed by atoms with Gasteiger partial charge in [0.15, 0.2) is 0 Å². The molecule has 0 aromatic heterocycles. The van der Waals surface area contributed by atoms with Crippen LogP contribution in [0, 0.1) is 0 Å². The van der Waals surface area contributed by atoms with Crippen LogP contribution in [0.4, 0.5) is 4.79 Å². The fraction of sp³-hybridized carbons (Fsp3) is 0.611. The molecule has 0 atom stereocenters. The molecule has 2 fully saturated rings. The molecular formula is C18H27N3O2. The van der Waals surface area contributed by atoms with Crippen molar-refractivity contribution >= 4 is 6.09 Å². The number of carbonyl (C=O) groups is 1. The predicted molar refractivity (Wildman–Crippen MR) is 90.2 cm³/mol. The standard InChI is InChI=1S/C18H27N3O2/c22-18(23-14-15-4-2-1-3-5-15)20-16-6-8-17(9-7-16)21-12-10-19-11-13-21/h1-5,16-17,19H,6-14H2,(H,20,22). The van der Waals surface area contributed by atoms with E-state index in [0.29, 0.717) is 12.6 Å². The average Bonchev–Trinajstić information content (AvgIpc) is 2.62. The fourth-order valence-corrected chi connectivity index (χ4v) is 3.56. The molecule has 1 heterocycles. The highest BCUT2D eigenvalue weighted by atomic mass is 16.5. The van der Waals surface area contributed by atoms with Crippen molar-refractivity contribution in [3.8, 4) is 0 Å². The van der Waals surface area contributed by atoms with E-state index < -0.39 is 0 Å². The molecule has 0 spiro atoms. The molecule has 1 amide bonds. The minimum Gasteiger partial charge on any atom is -0.445 e. The van der Waals surface area contributed by atoms with Crippen LogP contribution in [0.1, 0.15) is 31.2 Å². The van der Waals surface area contributed by atoms with Crippen LogP contribution in [-0.4, -0.2) is 49.3 Å². The fourth-order valence-electron chi connectivity index (χ4n) is 3.56. The van der Waals surface area contributed by atoms with Crippen molar-refractivity contribution in [1.29, 1.82) is 0 Å². The number of ether oxygens (including phenoxy) is 1. The van der Waals surface area contributed by atoms with Crippen LogP contribution in [0.3, 0.4) is 0 Å². The van der Waals surface area contributed by atoms with Crippen molar-refractivity contribution in [2.75, 3.05) is 26.2 Å². The molecule has 1 saturated carbocycles. The third-order valence-corrected chi connectivity index (χ3v) is 4.90. The van der Waals surface area contributed by atoms with Gasteiger partial charge in [0, 0.05) is 38.3 Å². The summed E-state index contributed by atoms with van der Waals surface area (Å²) >= 11 is 0. The highest BCUT2D eigenvalue weighted by Crippen LogP contribution is 2.23. The lowest BCUT2D eigenvalue weighted by Gasteiger charge is -2.39. The van der Waals surface area contributed by atoms with Crippen LogP contribution in [0.15, 0.2) is 30.3 Å². The Bertz CT molecular complexity index is 480. The zero-order valence-corrected chi connectivity index (χ0v) is 13.7. The Balaban J connectivity index is 1.35. The van der Waals surface area contributed by atoms with E-state index in [1.165, 1.54) is 12.8 Å². The molecule has 23 heavy (non-hydrogen) atoms. The molecule has 5 nitrogen and oxygen atoms in total.